The second-order valence-electron chi connectivity index (χ2n) is 14.5. The van der Waals surface area contributed by atoms with E-state index in [1.165, 1.54) is 82.6 Å². The van der Waals surface area contributed by atoms with Crippen molar-refractivity contribution in [2.45, 2.75) is 53.0 Å². The van der Waals surface area contributed by atoms with Gasteiger partial charge in [0, 0.05) is 59.6 Å². The predicted octanol–water partition coefficient (Wildman–Crippen LogP) is 8.79. The molecule has 3 aromatic heterocycles. The summed E-state index contributed by atoms with van der Waals surface area (Å²) in [6, 6.07) is 20.5. The number of aryl methyl sites for hydroxylation is 5. The van der Waals surface area contributed by atoms with Crippen molar-refractivity contribution < 1.29 is 0 Å². The number of fused-ring (bicyclic) bond motifs is 8. The molecule has 0 bridgehead atoms. The molecule has 0 amide bonds. The Morgan fingerprint density at radius 1 is 0.906 bits per heavy atom. The molecule has 7 nitrogen and oxygen atoms in total. The summed E-state index contributed by atoms with van der Waals surface area (Å²) < 4.78 is 4.89. The molecule has 4 aromatic carbocycles. The molecule has 5 N–H and O–H groups in total. The van der Waals surface area contributed by atoms with Crippen molar-refractivity contribution in [3.8, 4) is 16.8 Å². The van der Waals surface area contributed by atoms with Crippen molar-refractivity contribution in [3.63, 3.8) is 0 Å². The number of nitrogens with zero attached hydrogens (tertiary/aromatic N) is 4. The number of amidine groups is 1. The summed E-state index contributed by atoms with van der Waals surface area (Å²) in [5.41, 5.74) is 32.9. The zero-order valence-corrected chi connectivity index (χ0v) is 31.0. The van der Waals surface area contributed by atoms with Crippen LogP contribution in [0, 0.1) is 6.92 Å². The number of pyridine rings is 1. The Labute approximate surface area is 310 Å². The van der Waals surface area contributed by atoms with Gasteiger partial charge in [0.1, 0.15) is 5.84 Å². The third-order valence-electron chi connectivity index (χ3n) is 11.7. The van der Waals surface area contributed by atoms with Crippen molar-refractivity contribution in [2.24, 2.45) is 16.5 Å². The molecule has 0 atom stereocenters. The first-order chi connectivity index (χ1) is 25.9. The normalized spacial score (nSPS) is 14.5. The number of benzene rings is 4. The van der Waals surface area contributed by atoms with Crippen LogP contribution in [-0.4, -0.2) is 33.5 Å². The van der Waals surface area contributed by atoms with Gasteiger partial charge in [0.2, 0.25) is 0 Å². The zero-order chi connectivity index (χ0) is 36.5. The maximum absolute atomic E-state index is 6.51. The van der Waals surface area contributed by atoms with E-state index in [4.69, 9.17) is 11.5 Å². The highest BCUT2D eigenvalue weighted by molar-refractivity contribution is 6.17. The maximum atomic E-state index is 6.51. The lowest BCUT2D eigenvalue weighted by molar-refractivity contribution is 0.761. The molecule has 2 aliphatic rings. The number of allylic oxidation sites excluding steroid dienone is 3. The summed E-state index contributed by atoms with van der Waals surface area (Å²) in [4.78, 5) is 8.93. The molecule has 9 rings (SSSR count). The van der Waals surface area contributed by atoms with Gasteiger partial charge in [0.15, 0.2) is 0 Å². The molecular formula is C46H45N7. The summed E-state index contributed by atoms with van der Waals surface area (Å²) >= 11 is 0. The largest absolute Gasteiger partial charge is 0.403 e. The monoisotopic (exact) mass is 695 g/mol. The minimum atomic E-state index is 0.543. The average molecular weight is 696 g/mol. The molecule has 0 unspecified atom stereocenters. The van der Waals surface area contributed by atoms with Gasteiger partial charge in [-0.15, -0.1) is 6.58 Å². The number of nitrogens with one attached hydrogen (secondary N) is 1. The number of aliphatic imine (C=N–C) groups is 1. The van der Waals surface area contributed by atoms with E-state index >= 15 is 0 Å². The topological polar surface area (TPSA) is 99.2 Å². The van der Waals surface area contributed by atoms with Gasteiger partial charge in [-0.25, -0.2) is 0 Å². The van der Waals surface area contributed by atoms with E-state index in [1.54, 1.807) is 13.2 Å². The highest BCUT2D eigenvalue weighted by atomic mass is 15.0. The fraction of sp³-hybridized carbons (Fsp3) is 0.217. The van der Waals surface area contributed by atoms with E-state index in [0.717, 1.165) is 66.8 Å². The molecule has 0 spiro atoms. The first-order valence-electron chi connectivity index (χ1n) is 18.6. The molecule has 53 heavy (non-hydrogen) atoms. The summed E-state index contributed by atoms with van der Waals surface area (Å²) in [6.45, 7) is 11.9. The van der Waals surface area contributed by atoms with Crippen LogP contribution in [0.2, 0.25) is 0 Å². The molecule has 0 fully saturated rings. The lowest BCUT2D eigenvalue weighted by atomic mass is 9.74. The van der Waals surface area contributed by atoms with Gasteiger partial charge in [-0.3, -0.25) is 9.98 Å². The minimum absolute atomic E-state index is 0.543. The van der Waals surface area contributed by atoms with Gasteiger partial charge in [0.05, 0.1) is 39.6 Å². The van der Waals surface area contributed by atoms with E-state index in [9.17, 15) is 0 Å². The smallest absolute Gasteiger partial charge is 0.125 e. The first kappa shape index (κ1) is 33.0. The Morgan fingerprint density at radius 3 is 2.28 bits per heavy atom. The minimum Gasteiger partial charge on any atom is -0.403 e. The SMILES string of the molecule is C=CCNCc1ccc2c(c1)c1cc3c4c(c1n2C(=C/N)/C(C)=C\C)CCc1cc2c5cc(C(N)=NC)ccc5n(-c5cnccc5C)c2c(c1-4)CC3. The van der Waals surface area contributed by atoms with Crippen LogP contribution in [0.1, 0.15) is 52.8 Å². The maximum Gasteiger partial charge on any atom is 0.125 e. The predicted molar refractivity (Wildman–Crippen MR) is 223 cm³/mol. The molecular weight excluding hydrogens is 651 g/mol. The van der Waals surface area contributed by atoms with Gasteiger partial charge in [-0.2, -0.15) is 0 Å². The van der Waals surface area contributed by atoms with Gasteiger partial charge >= 0.3 is 0 Å². The van der Waals surface area contributed by atoms with Crippen LogP contribution in [-0.2, 0) is 32.2 Å². The molecule has 0 saturated heterocycles. The Balaban J connectivity index is 1.39. The number of aromatic nitrogens is 3. The third kappa shape index (κ3) is 4.84. The van der Waals surface area contributed by atoms with Crippen LogP contribution < -0.4 is 16.8 Å². The number of hydrogen-bond acceptors (Lipinski definition) is 4. The van der Waals surface area contributed by atoms with Gasteiger partial charge in [-0.1, -0.05) is 18.2 Å². The average Bonchev–Trinajstić information content (AvgIpc) is 3.68. The van der Waals surface area contributed by atoms with Gasteiger partial charge in [0.25, 0.3) is 0 Å². The second-order valence-corrected chi connectivity index (χ2v) is 14.5. The van der Waals surface area contributed by atoms with Crippen LogP contribution in [0.15, 0.2) is 102 Å². The molecule has 3 heterocycles. The Hall–Kier alpha value is -5.92. The summed E-state index contributed by atoms with van der Waals surface area (Å²) in [5.74, 6) is 0.543. The van der Waals surface area contributed by atoms with Crippen LogP contribution >= 0.6 is 0 Å². The molecule has 7 aromatic rings. The van der Waals surface area contributed by atoms with Gasteiger partial charge < -0.3 is 25.9 Å². The fourth-order valence-corrected chi connectivity index (χ4v) is 9.14. The highest BCUT2D eigenvalue weighted by Crippen LogP contribution is 2.51. The Bertz CT molecular complexity index is 2790. The Kier molecular flexibility index (Phi) is 7.86. The number of hydrogen-bond donors (Lipinski definition) is 3. The van der Waals surface area contributed by atoms with E-state index in [0.29, 0.717) is 5.84 Å². The standard InChI is InChI=1S/C46H45N7/c1-6-17-50-24-28-8-14-38-34(19-28)36-20-29-10-13-33-43-30(9-12-32(42(29)43)44(36)52(38)40(23-47)26(3)7-2)21-37-35-22-31(46(48)49-5)11-15-39(35)53(45(33)37)41-25-51-18-16-27(41)4/h6-8,11,14-16,18-23,25,50H,1,9-10,12-13,17,24,47H2,2-5H3,(H2,48,49)/b26-7-,40-23+. The van der Waals surface area contributed by atoms with Gasteiger partial charge in [-0.05, 0) is 145 Å². The van der Waals surface area contributed by atoms with Crippen molar-refractivity contribution in [3.05, 3.63) is 136 Å². The second kappa shape index (κ2) is 12.6. The van der Waals surface area contributed by atoms with E-state index in [-0.39, 0.29) is 0 Å². The zero-order valence-electron chi connectivity index (χ0n) is 31.0. The molecule has 7 heteroatoms. The van der Waals surface area contributed by atoms with Crippen LogP contribution in [0.25, 0.3) is 66.1 Å². The lowest BCUT2D eigenvalue weighted by Gasteiger charge is -2.31. The quantitative estimate of drug-likeness (QED) is 0.0487. The first-order valence-corrected chi connectivity index (χ1v) is 18.6. The molecule has 0 radical (unpaired) electrons. The van der Waals surface area contributed by atoms with Crippen LogP contribution in [0.3, 0.4) is 0 Å². The molecule has 264 valence electrons. The molecule has 2 aliphatic carbocycles. The summed E-state index contributed by atoms with van der Waals surface area (Å²) in [5, 5.41) is 8.52. The molecule has 0 aliphatic heterocycles. The number of rotatable bonds is 8. The Morgan fingerprint density at radius 2 is 1.60 bits per heavy atom. The number of nitrogens with two attached hydrogens (primary N) is 2. The van der Waals surface area contributed by atoms with E-state index < -0.39 is 0 Å². The van der Waals surface area contributed by atoms with Crippen molar-refractivity contribution in [2.75, 3.05) is 13.6 Å². The summed E-state index contributed by atoms with van der Waals surface area (Å²) in [7, 11) is 1.75. The fourth-order valence-electron chi connectivity index (χ4n) is 9.14. The molecule has 0 saturated carbocycles. The summed E-state index contributed by atoms with van der Waals surface area (Å²) in [6.07, 6.45) is 13.6. The lowest BCUT2D eigenvalue weighted by Crippen LogP contribution is -2.16. The third-order valence-corrected chi connectivity index (χ3v) is 11.7. The van der Waals surface area contributed by atoms with Crippen LogP contribution in [0.4, 0.5) is 0 Å². The van der Waals surface area contributed by atoms with Crippen molar-refractivity contribution in [1.29, 1.82) is 0 Å². The van der Waals surface area contributed by atoms with E-state index in [1.807, 2.05) is 18.5 Å². The van der Waals surface area contributed by atoms with Crippen LogP contribution in [0.5, 0.6) is 0 Å². The van der Waals surface area contributed by atoms with Crippen molar-refractivity contribution >= 4 is 55.1 Å². The highest BCUT2D eigenvalue weighted by Gasteiger charge is 2.33. The van der Waals surface area contributed by atoms with Crippen molar-refractivity contribution in [1.82, 2.24) is 19.4 Å². The van der Waals surface area contributed by atoms with E-state index in [2.05, 4.69) is 112 Å².